The second kappa shape index (κ2) is 10.5. The van der Waals surface area contributed by atoms with Crippen molar-refractivity contribution in [1.82, 2.24) is 0 Å². The van der Waals surface area contributed by atoms with Crippen LogP contribution < -0.4 is 0 Å². The van der Waals surface area contributed by atoms with Gasteiger partial charge in [-0.25, -0.2) is 0 Å². The second-order valence-corrected chi connectivity index (χ2v) is 9.14. The second-order valence-electron chi connectivity index (χ2n) is 9.14. The highest BCUT2D eigenvalue weighted by atomic mass is 16.5. The molecule has 0 amide bonds. The molecule has 0 spiro atoms. The van der Waals surface area contributed by atoms with Crippen molar-refractivity contribution in [2.45, 2.75) is 83.2 Å². The molecule has 0 aliphatic heterocycles. The van der Waals surface area contributed by atoms with Crippen molar-refractivity contribution in [1.29, 1.82) is 0 Å². The van der Waals surface area contributed by atoms with E-state index in [1.54, 1.807) is 0 Å². The molecule has 0 aromatic carbocycles. The quantitative estimate of drug-likeness (QED) is 0.421. The van der Waals surface area contributed by atoms with Gasteiger partial charge < -0.3 is 4.74 Å². The zero-order valence-corrected chi connectivity index (χ0v) is 16.8. The highest BCUT2D eigenvalue weighted by Gasteiger charge is 2.29. The van der Waals surface area contributed by atoms with Crippen LogP contribution in [0.15, 0.2) is 37.5 Å². The Morgan fingerprint density at radius 1 is 0.846 bits per heavy atom. The van der Waals surface area contributed by atoms with E-state index in [0.717, 1.165) is 36.2 Å². The lowest BCUT2D eigenvalue weighted by Crippen LogP contribution is -2.27. The first-order chi connectivity index (χ1) is 12.8. The number of rotatable bonds is 8. The molecule has 2 fully saturated rings. The fourth-order valence-corrected chi connectivity index (χ4v) is 5.41. The van der Waals surface area contributed by atoms with Gasteiger partial charge in [0.1, 0.15) is 0 Å². The molecule has 2 atom stereocenters. The molecule has 0 radical (unpaired) electrons. The van der Waals surface area contributed by atoms with E-state index in [1.807, 2.05) is 0 Å². The normalized spacial score (nSPS) is 38.0. The summed E-state index contributed by atoms with van der Waals surface area (Å²) in [4.78, 5) is 0. The minimum Gasteiger partial charge on any atom is -0.378 e. The van der Waals surface area contributed by atoms with Crippen LogP contribution >= 0.6 is 0 Å². The lowest BCUT2D eigenvalue weighted by Gasteiger charge is -2.36. The Balaban J connectivity index is 1.32. The molecule has 26 heavy (non-hydrogen) atoms. The van der Waals surface area contributed by atoms with E-state index >= 15 is 0 Å². The standard InChI is InChI=1S/C25H40O/c1-3-5-6-21-7-13-23(14-8-21)24-15-9-22(10-16-24)19-26-25-17-11-20(4-2)12-18-25/h3-4,7,13,20-25H,1-2,5-6,8-12,14-19H2. The number of ether oxygens (including phenoxy) is 1. The first-order valence-electron chi connectivity index (χ1n) is 11.3. The maximum absolute atomic E-state index is 6.29. The van der Waals surface area contributed by atoms with Crippen LogP contribution in [0.1, 0.15) is 77.0 Å². The molecule has 1 heteroatoms. The molecule has 1 nitrogen and oxygen atoms in total. The van der Waals surface area contributed by atoms with Gasteiger partial charge >= 0.3 is 0 Å². The number of allylic oxidation sites excluding steroid dienone is 4. The predicted molar refractivity (Wildman–Crippen MR) is 112 cm³/mol. The molecular formula is C25H40O. The molecule has 0 saturated heterocycles. The average Bonchev–Trinajstić information content (AvgIpc) is 2.72. The Hall–Kier alpha value is -0.820. The van der Waals surface area contributed by atoms with Crippen LogP contribution in [-0.2, 0) is 4.74 Å². The highest BCUT2D eigenvalue weighted by Crippen LogP contribution is 2.39. The van der Waals surface area contributed by atoms with E-state index in [9.17, 15) is 0 Å². The van der Waals surface area contributed by atoms with E-state index in [1.165, 1.54) is 77.0 Å². The van der Waals surface area contributed by atoms with Crippen molar-refractivity contribution in [3.63, 3.8) is 0 Å². The van der Waals surface area contributed by atoms with Gasteiger partial charge in [0.15, 0.2) is 0 Å². The summed E-state index contributed by atoms with van der Waals surface area (Å²) in [6, 6.07) is 0. The third-order valence-corrected chi connectivity index (χ3v) is 7.36. The summed E-state index contributed by atoms with van der Waals surface area (Å²) >= 11 is 0. The maximum atomic E-state index is 6.29. The maximum Gasteiger partial charge on any atom is 0.0575 e. The van der Waals surface area contributed by atoms with Gasteiger partial charge in [0.25, 0.3) is 0 Å². The summed E-state index contributed by atoms with van der Waals surface area (Å²) < 4.78 is 6.29. The Kier molecular flexibility index (Phi) is 8.05. The van der Waals surface area contributed by atoms with E-state index < -0.39 is 0 Å². The minimum atomic E-state index is 0.526. The lowest BCUT2D eigenvalue weighted by atomic mass is 9.71. The fraction of sp³-hybridized carbons (Fsp3) is 0.760. The number of hydrogen-bond donors (Lipinski definition) is 0. The van der Waals surface area contributed by atoms with Crippen molar-refractivity contribution in [2.24, 2.45) is 29.6 Å². The molecule has 0 heterocycles. The molecule has 2 unspecified atom stereocenters. The lowest BCUT2D eigenvalue weighted by molar-refractivity contribution is -0.00782. The Labute approximate surface area is 162 Å². The molecule has 0 aromatic rings. The van der Waals surface area contributed by atoms with Gasteiger partial charge in [0.2, 0.25) is 0 Å². The molecular weight excluding hydrogens is 316 g/mol. The van der Waals surface area contributed by atoms with Gasteiger partial charge in [0.05, 0.1) is 6.10 Å². The van der Waals surface area contributed by atoms with Crippen LogP contribution in [-0.4, -0.2) is 12.7 Å². The van der Waals surface area contributed by atoms with Crippen LogP contribution in [0.3, 0.4) is 0 Å². The average molecular weight is 357 g/mol. The molecule has 3 rings (SSSR count). The van der Waals surface area contributed by atoms with Crippen LogP contribution in [0, 0.1) is 29.6 Å². The summed E-state index contributed by atoms with van der Waals surface area (Å²) in [5.74, 6) is 4.16. The van der Waals surface area contributed by atoms with Gasteiger partial charge in [-0.3, -0.25) is 0 Å². The third kappa shape index (κ3) is 5.84. The molecule has 3 aliphatic carbocycles. The van der Waals surface area contributed by atoms with Crippen molar-refractivity contribution < 1.29 is 4.74 Å². The smallest absolute Gasteiger partial charge is 0.0575 e. The van der Waals surface area contributed by atoms with E-state index in [0.29, 0.717) is 6.10 Å². The summed E-state index contributed by atoms with van der Waals surface area (Å²) in [6.45, 7) is 8.81. The number of hydrogen-bond acceptors (Lipinski definition) is 1. The molecule has 3 aliphatic rings. The van der Waals surface area contributed by atoms with Gasteiger partial charge in [-0.1, -0.05) is 24.3 Å². The van der Waals surface area contributed by atoms with Gasteiger partial charge in [-0.05, 0) is 107 Å². The SMILES string of the molecule is C=CCCC1C=CC(C2CCC(COC3CCC(C=C)CC3)CC2)CC1. The summed E-state index contributed by atoms with van der Waals surface area (Å²) in [5, 5.41) is 0. The van der Waals surface area contributed by atoms with E-state index in [2.05, 4.69) is 37.5 Å². The van der Waals surface area contributed by atoms with Crippen molar-refractivity contribution in [3.8, 4) is 0 Å². The molecule has 0 N–H and O–H groups in total. The van der Waals surface area contributed by atoms with Crippen LogP contribution in [0.4, 0.5) is 0 Å². The van der Waals surface area contributed by atoms with E-state index in [-0.39, 0.29) is 0 Å². The first-order valence-corrected chi connectivity index (χ1v) is 11.3. The van der Waals surface area contributed by atoms with Gasteiger partial charge in [-0.2, -0.15) is 0 Å². The molecule has 0 bridgehead atoms. The Morgan fingerprint density at radius 3 is 2.23 bits per heavy atom. The molecule has 146 valence electrons. The summed E-state index contributed by atoms with van der Waals surface area (Å²) in [6.07, 6.45) is 25.7. The van der Waals surface area contributed by atoms with Gasteiger partial charge in [0, 0.05) is 6.61 Å². The minimum absolute atomic E-state index is 0.526. The summed E-state index contributed by atoms with van der Waals surface area (Å²) in [7, 11) is 0. The van der Waals surface area contributed by atoms with Gasteiger partial charge in [-0.15, -0.1) is 13.2 Å². The predicted octanol–water partition coefficient (Wildman–Crippen LogP) is 7.10. The van der Waals surface area contributed by atoms with Crippen molar-refractivity contribution in [2.75, 3.05) is 6.61 Å². The topological polar surface area (TPSA) is 9.23 Å². The van der Waals surface area contributed by atoms with Crippen molar-refractivity contribution >= 4 is 0 Å². The van der Waals surface area contributed by atoms with Crippen molar-refractivity contribution in [3.05, 3.63) is 37.5 Å². The highest BCUT2D eigenvalue weighted by molar-refractivity contribution is 5.01. The summed E-state index contributed by atoms with van der Waals surface area (Å²) in [5.41, 5.74) is 0. The zero-order chi connectivity index (χ0) is 18.2. The zero-order valence-electron chi connectivity index (χ0n) is 16.8. The first kappa shape index (κ1) is 19.9. The third-order valence-electron chi connectivity index (χ3n) is 7.36. The van der Waals surface area contributed by atoms with E-state index in [4.69, 9.17) is 4.74 Å². The van der Waals surface area contributed by atoms with Crippen LogP contribution in [0.2, 0.25) is 0 Å². The van der Waals surface area contributed by atoms with Crippen LogP contribution in [0.5, 0.6) is 0 Å². The fourth-order valence-electron chi connectivity index (χ4n) is 5.41. The largest absolute Gasteiger partial charge is 0.378 e. The monoisotopic (exact) mass is 356 g/mol. The van der Waals surface area contributed by atoms with Crippen LogP contribution in [0.25, 0.3) is 0 Å². The Morgan fingerprint density at radius 2 is 1.62 bits per heavy atom. The Bertz CT molecular complexity index is 449. The molecule has 2 saturated carbocycles. The molecule has 0 aromatic heterocycles.